The minimum atomic E-state index is -1.27. The van der Waals surface area contributed by atoms with Gasteiger partial charge in [0.2, 0.25) is 0 Å². The Kier molecular flexibility index (Phi) is 15.5. The van der Waals surface area contributed by atoms with E-state index in [-0.39, 0.29) is 0 Å². The molecule has 2 saturated heterocycles. The molecule has 2 fully saturated rings. The molecule has 11 heteroatoms. The SMILES string of the molecule is C=C=C=C=C=C=C=C=C=C=C=C=C=C=C=C=C=CC#CC#CC#CC(=O)OC(C)(C)C1(C)OB(OB2OC(C)(C)C(C)(C(C)(C)OC(C)=O)O2)OC1(C)C. The van der Waals surface area contributed by atoms with Crippen LogP contribution in [-0.2, 0) is 42.3 Å². The van der Waals surface area contributed by atoms with Gasteiger partial charge in [-0.1, -0.05) is 17.4 Å². The molecule has 0 amide bonds. The Morgan fingerprint density at radius 3 is 1.44 bits per heavy atom. The Morgan fingerprint density at radius 1 is 0.593 bits per heavy atom. The lowest BCUT2D eigenvalue weighted by atomic mass is 9.75. The predicted molar refractivity (Wildman–Crippen MR) is 198 cm³/mol. The number of carbonyl (C=O) groups is 2. The molecule has 0 aromatic heterocycles. The summed E-state index contributed by atoms with van der Waals surface area (Å²) in [7, 11) is -2.50. The zero-order chi connectivity index (χ0) is 40.5. The van der Waals surface area contributed by atoms with Crippen LogP contribution in [-0.4, -0.2) is 60.2 Å². The monoisotopic (exact) mass is 718 g/mol. The topological polar surface area (TPSA) is 98.8 Å². The number of esters is 2. The summed E-state index contributed by atoms with van der Waals surface area (Å²) in [5.41, 5.74) is 33.3. The third-order valence-corrected chi connectivity index (χ3v) is 8.55. The molecule has 9 nitrogen and oxygen atoms in total. The lowest BCUT2D eigenvalue weighted by molar-refractivity contribution is -0.190. The third-order valence-electron chi connectivity index (χ3n) is 8.55. The van der Waals surface area contributed by atoms with Crippen molar-refractivity contribution < 1.29 is 42.3 Å². The van der Waals surface area contributed by atoms with E-state index in [0.29, 0.717) is 0 Å². The lowest BCUT2D eigenvalue weighted by Crippen LogP contribution is -2.61. The van der Waals surface area contributed by atoms with Crippen LogP contribution in [0.15, 0.2) is 104 Å². The Bertz CT molecular complexity index is 2390. The molecule has 2 aliphatic rings. The van der Waals surface area contributed by atoms with Crippen LogP contribution >= 0.6 is 0 Å². The fourth-order valence-corrected chi connectivity index (χ4v) is 4.91. The van der Waals surface area contributed by atoms with Crippen molar-refractivity contribution >= 4 is 26.6 Å². The summed E-state index contributed by atoms with van der Waals surface area (Å²) in [5, 5.41) is 0. The molecule has 0 saturated carbocycles. The Labute approximate surface area is 317 Å². The average molecular weight is 718 g/mol. The first kappa shape index (κ1) is 43.9. The first-order valence-corrected chi connectivity index (χ1v) is 16.1. The number of hydrogen-bond donors (Lipinski definition) is 0. The van der Waals surface area contributed by atoms with Gasteiger partial charge in [-0.25, -0.2) is 4.79 Å². The largest absolute Gasteiger partial charge is 0.628 e. The van der Waals surface area contributed by atoms with Crippen molar-refractivity contribution in [3.05, 3.63) is 104 Å². The maximum atomic E-state index is 12.7. The highest BCUT2D eigenvalue weighted by Gasteiger charge is 2.68. The van der Waals surface area contributed by atoms with Gasteiger partial charge >= 0.3 is 26.6 Å². The first-order valence-electron chi connectivity index (χ1n) is 16.1. The maximum Gasteiger partial charge on any atom is 0.628 e. The van der Waals surface area contributed by atoms with E-state index in [9.17, 15) is 9.59 Å². The maximum absolute atomic E-state index is 12.7. The summed E-state index contributed by atoms with van der Waals surface area (Å²) in [4.78, 5) is 24.5. The average Bonchev–Trinajstić information content (AvgIpc) is 3.44. The molecule has 2 rings (SSSR count). The first-order chi connectivity index (χ1) is 25.2. The van der Waals surface area contributed by atoms with E-state index < -0.39 is 60.2 Å². The zero-order valence-corrected chi connectivity index (χ0v) is 32.1. The van der Waals surface area contributed by atoms with Crippen LogP contribution in [0.25, 0.3) is 0 Å². The molecule has 0 aromatic carbocycles. The predicted octanol–water partition coefficient (Wildman–Crippen LogP) is 5.48. The van der Waals surface area contributed by atoms with Gasteiger partial charge in [-0.2, -0.15) is 0 Å². The molecule has 0 radical (unpaired) electrons. The van der Waals surface area contributed by atoms with Gasteiger partial charge in [0, 0.05) is 18.9 Å². The van der Waals surface area contributed by atoms with Gasteiger partial charge in [-0.3, -0.25) is 4.79 Å². The number of rotatable bonds is 6. The van der Waals surface area contributed by atoms with Crippen LogP contribution in [0.5, 0.6) is 0 Å². The molecule has 2 heterocycles. The summed E-state index contributed by atoms with van der Waals surface area (Å²) in [6.45, 7) is 22.1. The third kappa shape index (κ3) is 11.9. The van der Waals surface area contributed by atoms with Gasteiger partial charge in [0.15, 0.2) is 0 Å². The standard InChI is InChI=1S/C43H36B2O9/c1-13-14-15-16-17-18-19-20-21-22-23-24-25-26-27-28-29-30-31-32-33-34-35-37(47)49-39(5,6)43(12)41(9,10)51-45(53-43)54-44-50-40(7,8)42(11,52-44)38(3,4)48-36(2)46/h29H,1H2,2-12H3. The molecule has 0 aliphatic carbocycles. The quantitative estimate of drug-likeness (QED) is 0.116. The highest BCUT2D eigenvalue weighted by molar-refractivity contribution is 6.53. The van der Waals surface area contributed by atoms with Crippen LogP contribution in [0.2, 0.25) is 0 Å². The van der Waals surface area contributed by atoms with E-state index >= 15 is 0 Å². The van der Waals surface area contributed by atoms with Crippen LogP contribution in [0.4, 0.5) is 0 Å². The number of carbonyl (C=O) groups excluding carboxylic acids is 2. The molecule has 2 aliphatic heterocycles. The Hall–Kier alpha value is -6.23. The summed E-state index contributed by atoms with van der Waals surface area (Å²) < 4.78 is 41.8. The molecule has 0 N–H and O–H groups in total. The normalized spacial score (nSPS) is 19.2. The van der Waals surface area contributed by atoms with Crippen molar-refractivity contribution in [3.63, 3.8) is 0 Å². The fourth-order valence-electron chi connectivity index (χ4n) is 4.91. The molecular weight excluding hydrogens is 682 g/mol. The van der Waals surface area contributed by atoms with Crippen molar-refractivity contribution in [1.82, 2.24) is 0 Å². The minimum Gasteiger partial charge on any atom is -0.457 e. The molecule has 2 atom stereocenters. The summed E-state index contributed by atoms with van der Waals surface area (Å²) in [6.07, 6.45) is 1.35. The van der Waals surface area contributed by atoms with Crippen molar-refractivity contribution in [2.75, 3.05) is 0 Å². The van der Waals surface area contributed by atoms with E-state index in [0.717, 1.165) is 0 Å². The molecule has 0 aromatic rings. The smallest absolute Gasteiger partial charge is 0.457 e. The summed E-state index contributed by atoms with van der Waals surface area (Å²) in [5.74, 6) is 13.5. The highest BCUT2D eigenvalue weighted by atomic mass is 16.9. The van der Waals surface area contributed by atoms with Gasteiger partial charge in [-0.15, -0.1) is 0 Å². The second-order valence-corrected chi connectivity index (χ2v) is 13.3. The van der Waals surface area contributed by atoms with Crippen molar-refractivity contribution in [1.29, 1.82) is 0 Å². The Balaban J connectivity index is 2.08. The van der Waals surface area contributed by atoms with Gasteiger partial charge in [0.25, 0.3) is 0 Å². The summed E-state index contributed by atoms with van der Waals surface area (Å²) >= 11 is 0. The molecule has 2 unspecified atom stereocenters. The minimum absolute atomic E-state index is 0.465. The molecule has 0 spiro atoms. The van der Waals surface area contributed by atoms with E-state index in [1.165, 1.54) is 13.0 Å². The lowest BCUT2D eigenvalue weighted by Gasteiger charge is -2.46. The van der Waals surface area contributed by atoms with E-state index in [4.69, 9.17) is 32.7 Å². The summed E-state index contributed by atoms with van der Waals surface area (Å²) in [6, 6.07) is 0. The van der Waals surface area contributed by atoms with E-state index in [1.54, 1.807) is 69.2 Å². The number of hydrogen-bond acceptors (Lipinski definition) is 9. The van der Waals surface area contributed by atoms with Gasteiger partial charge in [0.05, 0.1) is 11.2 Å². The second kappa shape index (κ2) is 19.0. The van der Waals surface area contributed by atoms with E-state index in [1.807, 2.05) is 0 Å². The van der Waals surface area contributed by atoms with E-state index in [2.05, 4.69) is 134 Å². The van der Waals surface area contributed by atoms with Crippen LogP contribution in [0, 0.1) is 35.5 Å². The van der Waals surface area contributed by atoms with Crippen molar-refractivity contribution in [2.24, 2.45) is 0 Å². The molecule has 54 heavy (non-hydrogen) atoms. The van der Waals surface area contributed by atoms with Crippen LogP contribution < -0.4 is 0 Å². The molecule has 0 bridgehead atoms. The molecule has 268 valence electrons. The van der Waals surface area contributed by atoms with Crippen molar-refractivity contribution in [2.45, 2.75) is 110 Å². The van der Waals surface area contributed by atoms with Gasteiger partial charge in [-0.05, 0) is 180 Å². The highest BCUT2D eigenvalue weighted by Crippen LogP contribution is 2.49. The van der Waals surface area contributed by atoms with Gasteiger partial charge in [0.1, 0.15) is 22.4 Å². The van der Waals surface area contributed by atoms with Gasteiger partial charge < -0.3 is 32.7 Å². The van der Waals surface area contributed by atoms with Crippen molar-refractivity contribution in [3.8, 4) is 35.5 Å². The Morgan fingerprint density at radius 2 is 1.00 bits per heavy atom. The zero-order valence-electron chi connectivity index (χ0n) is 32.1. The fraction of sp³-hybridized carbons (Fsp3) is 0.395. The van der Waals surface area contributed by atoms with Crippen LogP contribution in [0.3, 0.4) is 0 Å². The second-order valence-electron chi connectivity index (χ2n) is 13.3. The number of ether oxygens (including phenoxy) is 2. The number of allylic oxidation sites excluding steroid dienone is 1. The molecular formula is C43H36B2O9. The van der Waals surface area contributed by atoms with Crippen LogP contribution in [0.1, 0.15) is 76.2 Å².